The molecular formula is C14H18INO4. The Bertz CT molecular complexity index is 522. The van der Waals surface area contributed by atoms with Gasteiger partial charge in [-0.05, 0) is 61.1 Å². The van der Waals surface area contributed by atoms with Gasteiger partial charge in [-0.25, -0.2) is 9.59 Å². The number of hydrogen-bond acceptors (Lipinski definition) is 3. The summed E-state index contributed by atoms with van der Waals surface area (Å²) in [6.45, 7) is 5.69. The highest BCUT2D eigenvalue weighted by Crippen LogP contribution is 2.17. The molecule has 0 aromatic heterocycles. The average Bonchev–Trinajstić information content (AvgIpc) is 2.28. The SMILES string of the molecule is CN(Cc1ccc(I)c(C(=O)O)c1)C(=O)OC(C)(C)C. The molecule has 0 spiro atoms. The summed E-state index contributed by atoms with van der Waals surface area (Å²) in [7, 11) is 1.62. The Morgan fingerprint density at radius 1 is 1.35 bits per heavy atom. The first-order valence-corrected chi connectivity index (χ1v) is 7.14. The van der Waals surface area contributed by atoms with E-state index < -0.39 is 17.7 Å². The lowest BCUT2D eigenvalue weighted by Gasteiger charge is -2.24. The predicted molar refractivity (Wildman–Crippen MR) is 83.8 cm³/mol. The number of hydrogen-bond donors (Lipinski definition) is 1. The Balaban J connectivity index is 2.81. The van der Waals surface area contributed by atoms with Crippen LogP contribution in [0.15, 0.2) is 18.2 Å². The van der Waals surface area contributed by atoms with Crippen LogP contribution in [-0.4, -0.2) is 34.7 Å². The molecule has 0 bridgehead atoms. The van der Waals surface area contributed by atoms with E-state index in [2.05, 4.69) is 0 Å². The van der Waals surface area contributed by atoms with Crippen LogP contribution >= 0.6 is 22.6 Å². The number of carbonyl (C=O) groups excluding carboxylic acids is 1. The van der Waals surface area contributed by atoms with Crippen LogP contribution in [-0.2, 0) is 11.3 Å². The van der Waals surface area contributed by atoms with Crippen LogP contribution < -0.4 is 0 Å². The summed E-state index contributed by atoms with van der Waals surface area (Å²) in [5.74, 6) is -0.976. The Morgan fingerprint density at radius 2 is 1.95 bits per heavy atom. The monoisotopic (exact) mass is 391 g/mol. The zero-order chi connectivity index (χ0) is 15.5. The van der Waals surface area contributed by atoms with Crippen molar-refractivity contribution in [3.63, 3.8) is 0 Å². The van der Waals surface area contributed by atoms with Crippen molar-refractivity contribution >= 4 is 34.7 Å². The van der Waals surface area contributed by atoms with Gasteiger partial charge in [-0.2, -0.15) is 0 Å². The number of halogens is 1. The highest BCUT2D eigenvalue weighted by Gasteiger charge is 2.20. The summed E-state index contributed by atoms with van der Waals surface area (Å²) < 4.78 is 5.91. The normalized spacial score (nSPS) is 11.1. The fourth-order valence-electron chi connectivity index (χ4n) is 1.51. The lowest BCUT2D eigenvalue weighted by atomic mass is 10.1. The molecule has 1 N–H and O–H groups in total. The van der Waals surface area contributed by atoms with Gasteiger partial charge in [-0.3, -0.25) is 0 Å². The van der Waals surface area contributed by atoms with Gasteiger partial charge in [0.15, 0.2) is 0 Å². The van der Waals surface area contributed by atoms with Gasteiger partial charge in [0.2, 0.25) is 0 Å². The minimum Gasteiger partial charge on any atom is -0.478 e. The van der Waals surface area contributed by atoms with E-state index in [-0.39, 0.29) is 5.56 Å². The molecule has 0 fully saturated rings. The summed E-state index contributed by atoms with van der Waals surface area (Å²) in [5, 5.41) is 9.08. The van der Waals surface area contributed by atoms with Gasteiger partial charge >= 0.3 is 12.1 Å². The minimum atomic E-state index is -0.976. The zero-order valence-electron chi connectivity index (χ0n) is 11.9. The number of amides is 1. The summed E-state index contributed by atoms with van der Waals surface area (Å²) in [6.07, 6.45) is -0.437. The van der Waals surface area contributed by atoms with Crippen LogP contribution in [0.3, 0.4) is 0 Å². The second-order valence-corrected chi connectivity index (χ2v) is 6.62. The van der Waals surface area contributed by atoms with Gasteiger partial charge in [0.1, 0.15) is 5.60 Å². The van der Waals surface area contributed by atoms with E-state index >= 15 is 0 Å². The molecule has 1 amide bonds. The van der Waals surface area contributed by atoms with Crippen LogP contribution in [0.4, 0.5) is 4.79 Å². The van der Waals surface area contributed by atoms with E-state index in [9.17, 15) is 9.59 Å². The second-order valence-electron chi connectivity index (χ2n) is 5.46. The quantitative estimate of drug-likeness (QED) is 0.803. The molecule has 0 atom stereocenters. The maximum absolute atomic E-state index is 11.8. The Morgan fingerprint density at radius 3 is 2.45 bits per heavy atom. The summed E-state index contributed by atoms with van der Waals surface area (Å²) in [5.41, 5.74) is 0.431. The Labute approximate surface area is 132 Å². The second kappa shape index (κ2) is 6.43. The fraction of sp³-hybridized carbons (Fsp3) is 0.429. The van der Waals surface area contributed by atoms with E-state index in [0.717, 1.165) is 5.56 Å². The van der Waals surface area contributed by atoms with Gasteiger partial charge in [0.25, 0.3) is 0 Å². The Kier molecular flexibility index (Phi) is 5.38. The predicted octanol–water partition coefficient (Wildman–Crippen LogP) is 3.36. The van der Waals surface area contributed by atoms with Crippen molar-refractivity contribution in [2.45, 2.75) is 32.9 Å². The van der Waals surface area contributed by atoms with E-state index in [1.165, 1.54) is 4.90 Å². The van der Waals surface area contributed by atoms with Crippen molar-refractivity contribution in [3.05, 3.63) is 32.9 Å². The number of carboxylic acid groups (broad SMARTS) is 1. The molecule has 0 radical (unpaired) electrons. The molecule has 5 nitrogen and oxygen atoms in total. The Hall–Kier alpha value is -1.31. The minimum absolute atomic E-state index is 0.237. The molecule has 0 aliphatic heterocycles. The van der Waals surface area contributed by atoms with Crippen molar-refractivity contribution in [1.82, 2.24) is 4.90 Å². The van der Waals surface area contributed by atoms with Crippen molar-refractivity contribution in [2.24, 2.45) is 0 Å². The molecule has 0 unspecified atom stereocenters. The first kappa shape index (κ1) is 16.7. The number of aromatic carboxylic acids is 1. The number of carbonyl (C=O) groups is 2. The first-order chi connectivity index (χ1) is 9.10. The molecule has 0 saturated carbocycles. The number of nitrogens with zero attached hydrogens (tertiary/aromatic N) is 1. The summed E-state index contributed by atoms with van der Waals surface area (Å²) >= 11 is 1.97. The summed E-state index contributed by atoms with van der Waals surface area (Å²) in [6, 6.07) is 5.10. The third-order valence-corrected chi connectivity index (χ3v) is 3.33. The van der Waals surface area contributed by atoms with Gasteiger partial charge in [0, 0.05) is 17.2 Å². The highest BCUT2D eigenvalue weighted by molar-refractivity contribution is 14.1. The largest absolute Gasteiger partial charge is 0.478 e. The average molecular weight is 391 g/mol. The molecule has 1 aromatic rings. The maximum Gasteiger partial charge on any atom is 0.410 e. The molecule has 1 rings (SSSR count). The number of benzene rings is 1. The van der Waals surface area contributed by atoms with E-state index in [4.69, 9.17) is 9.84 Å². The van der Waals surface area contributed by atoms with Gasteiger partial charge < -0.3 is 14.7 Å². The van der Waals surface area contributed by atoms with Crippen LogP contribution in [0.25, 0.3) is 0 Å². The molecule has 0 saturated heterocycles. The molecule has 0 heterocycles. The van der Waals surface area contributed by atoms with Crippen LogP contribution in [0.2, 0.25) is 0 Å². The van der Waals surface area contributed by atoms with Crippen molar-refractivity contribution in [3.8, 4) is 0 Å². The third kappa shape index (κ3) is 4.99. The van der Waals surface area contributed by atoms with Crippen LogP contribution in [0, 0.1) is 3.57 Å². The molecule has 6 heteroatoms. The van der Waals surface area contributed by atoms with E-state index in [0.29, 0.717) is 10.1 Å². The molecule has 20 heavy (non-hydrogen) atoms. The molecule has 0 aliphatic rings. The van der Waals surface area contributed by atoms with Gasteiger partial charge in [-0.15, -0.1) is 0 Å². The van der Waals surface area contributed by atoms with E-state index in [1.807, 2.05) is 22.6 Å². The molecule has 110 valence electrons. The lowest BCUT2D eigenvalue weighted by molar-refractivity contribution is 0.0285. The third-order valence-electron chi connectivity index (χ3n) is 2.39. The van der Waals surface area contributed by atoms with Crippen molar-refractivity contribution in [2.75, 3.05) is 7.05 Å². The summed E-state index contributed by atoms with van der Waals surface area (Å²) in [4.78, 5) is 24.3. The first-order valence-electron chi connectivity index (χ1n) is 6.06. The molecule has 0 aliphatic carbocycles. The number of rotatable bonds is 3. The standard InChI is InChI=1S/C14H18INO4/c1-14(2,3)20-13(19)16(4)8-9-5-6-11(15)10(7-9)12(17)18/h5-7H,8H2,1-4H3,(H,17,18). The van der Waals surface area contributed by atoms with Crippen molar-refractivity contribution < 1.29 is 19.4 Å². The van der Waals surface area contributed by atoms with Gasteiger partial charge in [-0.1, -0.05) is 6.07 Å². The maximum atomic E-state index is 11.8. The van der Waals surface area contributed by atoms with Crippen LogP contribution in [0.1, 0.15) is 36.7 Å². The number of ether oxygens (including phenoxy) is 1. The smallest absolute Gasteiger partial charge is 0.410 e. The highest BCUT2D eigenvalue weighted by atomic mass is 127. The van der Waals surface area contributed by atoms with Gasteiger partial charge in [0.05, 0.1) is 5.56 Å². The number of carboxylic acids is 1. The molecular weight excluding hydrogens is 373 g/mol. The van der Waals surface area contributed by atoms with Crippen LogP contribution in [0.5, 0.6) is 0 Å². The topological polar surface area (TPSA) is 66.8 Å². The zero-order valence-corrected chi connectivity index (χ0v) is 14.1. The molecule has 1 aromatic carbocycles. The van der Waals surface area contributed by atoms with E-state index in [1.54, 1.807) is 46.0 Å². The lowest BCUT2D eigenvalue weighted by Crippen LogP contribution is -2.33. The van der Waals surface area contributed by atoms with Crippen molar-refractivity contribution in [1.29, 1.82) is 0 Å². The fourth-order valence-corrected chi connectivity index (χ4v) is 2.08.